The van der Waals surface area contributed by atoms with Crippen molar-refractivity contribution in [2.24, 2.45) is 5.92 Å². The molecule has 0 aliphatic heterocycles. The van der Waals surface area contributed by atoms with Gasteiger partial charge in [-0.25, -0.2) is 0 Å². The summed E-state index contributed by atoms with van der Waals surface area (Å²) >= 11 is 0. The van der Waals surface area contributed by atoms with Crippen molar-refractivity contribution in [2.75, 3.05) is 0 Å². The Bertz CT molecular complexity index is 139. The molecule has 0 aromatic heterocycles. The van der Waals surface area contributed by atoms with Crippen LogP contribution in [0.2, 0.25) is 0 Å². The van der Waals surface area contributed by atoms with E-state index in [2.05, 4.69) is 20.8 Å². The first-order valence-corrected chi connectivity index (χ1v) is 8.81. The van der Waals surface area contributed by atoms with Crippen LogP contribution in [-0.4, -0.2) is 0 Å². The van der Waals surface area contributed by atoms with E-state index in [1.165, 1.54) is 89.9 Å². The van der Waals surface area contributed by atoms with E-state index in [0.29, 0.717) is 0 Å². The Balaban J connectivity index is 2.94. The first-order chi connectivity index (χ1) is 8.81. The third-order valence-electron chi connectivity index (χ3n) is 4.25. The fourth-order valence-corrected chi connectivity index (χ4v) is 2.54. The van der Waals surface area contributed by atoms with Gasteiger partial charge in [-0.1, -0.05) is 111 Å². The summed E-state index contributed by atoms with van der Waals surface area (Å²) in [5, 5.41) is 0. The Labute approximate surface area is 117 Å². The molecule has 0 fully saturated rings. The molecule has 0 rings (SSSR count). The Kier molecular flexibility index (Phi) is 15.1. The number of rotatable bonds is 14. The number of hydrogen-bond donors (Lipinski definition) is 0. The average molecular weight is 255 g/mol. The van der Waals surface area contributed by atoms with Gasteiger partial charge in [0.15, 0.2) is 0 Å². The summed E-state index contributed by atoms with van der Waals surface area (Å²) in [4.78, 5) is 0. The van der Waals surface area contributed by atoms with Gasteiger partial charge in [-0.15, -0.1) is 0 Å². The summed E-state index contributed by atoms with van der Waals surface area (Å²) in [5.74, 6) is 0.952. The lowest BCUT2D eigenvalue weighted by molar-refractivity contribution is 0.468. The minimum Gasteiger partial charge on any atom is -0.0654 e. The summed E-state index contributed by atoms with van der Waals surface area (Å²) in [7, 11) is 0. The Morgan fingerprint density at radius 3 is 1.33 bits per heavy atom. The molecule has 0 aromatic carbocycles. The van der Waals surface area contributed by atoms with E-state index >= 15 is 0 Å². The molecule has 110 valence electrons. The largest absolute Gasteiger partial charge is 0.0654 e. The summed E-state index contributed by atoms with van der Waals surface area (Å²) in [6.07, 6.45) is 20.4. The molecular formula is C18H38. The van der Waals surface area contributed by atoms with Crippen molar-refractivity contribution in [3.63, 3.8) is 0 Å². The van der Waals surface area contributed by atoms with Gasteiger partial charge in [0, 0.05) is 0 Å². The van der Waals surface area contributed by atoms with Crippen LogP contribution in [0.3, 0.4) is 0 Å². The van der Waals surface area contributed by atoms with Crippen LogP contribution < -0.4 is 0 Å². The molecule has 0 unspecified atom stereocenters. The summed E-state index contributed by atoms with van der Waals surface area (Å²) in [6, 6.07) is 0. The zero-order valence-corrected chi connectivity index (χ0v) is 13.5. The molecule has 0 bridgehead atoms. The van der Waals surface area contributed by atoms with Crippen LogP contribution in [0.1, 0.15) is 111 Å². The maximum Gasteiger partial charge on any atom is -0.0445 e. The Morgan fingerprint density at radius 2 is 0.944 bits per heavy atom. The predicted molar refractivity (Wildman–Crippen MR) is 85.2 cm³/mol. The Hall–Kier alpha value is 0. The Morgan fingerprint density at radius 1 is 0.556 bits per heavy atom. The van der Waals surface area contributed by atoms with Gasteiger partial charge in [-0.2, -0.15) is 0 Å². The second kappa shape index (κ2) is 15.1. The fourth-order valence-electron chi connectivity index (χ4n) is 2.54. The molecule has 18 heavy (non-hydrogen) atoms. The van der Waals surface area contributed by atoms with Crippen LogP contribution in [0.25, 0.3) is 0 Å². The van der Waals surface area contributed by atoms with Crippen molar-refractivity contribution in [3.05, 3.63) is 0 Å². The van der Waals surface area contributed by atoms with Gasteiger partial charge in [-0.3, -0.25) is 0 Å². The topological polar surface area (TPSA) is 0 Å². The molecule has 0 nitrogen and oxygen atoms in total. The van der Waals surface area contributed by atoms with Crippen molar-refractivity contribution in [3.8, 4) is 0 Å². The highest BCUT2D eigenvalue weighted by molar-refractivity contribution is 4.52. The van der Waals surface area contributed by atoms with E-state index < -0.39 is 0 Å². The molecule has 0 heterocycles. The average Bonchev–Trinajstić information content (AvgIpc) is 2.39. The highest BCUT2D eigenvalue weighted by atomic mass is 14.0. The third-order valence-corrected chi connectivity index (χ3v) is 4.25. The van der Waals surface area contributed by atoms with Crippen LogP contribution in [-0.2, 0) is 0 Å². The van der Waals surface area contributed by atoms with Crippen LogP contribution in [0.15, 0.2) is 0 Å². The minimum absolute atomic E-state index is 0.952. The van der Waals surface area contributed by atoms with Crippen molar-refractivity contribution in [1.82, 2.24) is 0 Å². The van der Waals surface area contributed by atoms with E-state index in [4.69, 9.17) is 0 Å². The lowest BCUT2D eigenvalue weighted by atomic mass is 9.99. The van der Waals surface area contributed by atoms with E-state index in [1.54, 1.807) is 0 Å². The van der Waals surface area contributed by atoms with Crippen molar-refractivity contribution >= 4 is 0 Å². The predicted octanol–water partition coefficient (Wildman–Crippen LogP) is 7.12. The molecule has 0 radical (unpaired) electrons. The molecular weight excluding hydrogens is 216 g/mol. The fraction of sp³-hybridized carbons (Fsp3) is 1.00. The van der Waals surface area contributed by atoms with Gasteiger partial charge < -0.3 is 0 Å². The van der Waals surface area contributed by atoms with Gasteiger partial charge in [0.2, 0.25) is 0 Å². The van der Waals surface area contributed by atoms with E-state index in [0.717, 1.165) is 5.92 Å². The van der Waals surface area contributed by atoms with Crippen molar-refractivity contribution < 1.29 is 0 Å². The number of unbranched alkanes of at least 4 members (excludes halogenated alkanes) is 11. The first-order valence-electron chi connectivity index (χ1n) is 8.81. The molecule has 1 atom stereocenters. The molecule has 0 spiro atoms. The zero-order valence-electron chi connectivity index (χ0n) is 13.5. The summed E-state index contributed by atoms with van der Waals surface area (Å²) in [5.41, 5.74) is 0. The molecule has 0 aliphatic carbocycles. The van der Waals surface area contributed by atoms with Crippen molar-refractivity contribution in [2.45, 2.75) is 111 Å². The molecule has 0 heteroatoms. The first kappa shape index (κ1) is 18.0. The SMILES string of the molecule is CCCCCCCCCCCCCC[C@@H](C)CC. The van der Waals surface area contributed by atoms with E-state index in [9.17, 15) is 0 Å². The second-order valence-corrected chi connectivity index (χ2v) is 6.19. The highest BCUT2D eigenvalue weighted by Crippen LogP contribution is 2.15. The second-order valence-electron chi connectivity index (χ2n) is 6.19. The van der Waals surface area contributed by atoms with Gasteiger partial charge in [0.1, 0.15) is 0 Å². The van der Waals surface area contributed by atoms with Crippen LogP contribution >= 0.6 is 0 Å². The summed E-state index contributed by atoms with van der Waals surface area (Å²) < 4.78 is 0. The smallest absolute Gasteiger partial charge is 0.0445 e. The van der Waals surface area contributed by atoms with E-state index in [1.807, 2.05) is 0 Å². The monoisotopic (exact) mass is 254 g/mol. The lowest BCUT2D eigenvalue weighted by Crippen LogP contribution is -1.91. The van der Waals surface area contributed by atoms with Crippen LogP contribution in [0.5, 0.6) is 0 Å². The van der Waals surface area contributed by atoms with Crippen molar-refractivity contribution in [1.29, 1.82) is 0 Å². The lowest BCUT2D eigenvalue weighted by Gasteiger charge is -2.07. The molecule has 0 saturated carbocycles. The highest BCUT2D eigenvalue weighted by Gasteiger charge is 1.98. The maximum absolute atomic E-state index is 2.39. The molecule has 0 N–H and O–H groups in total. The van der Waals surface area contributed by atoms with Gasteiger partial charge in [0.05, 0.1) is 0 Å². The van der Waals surface area contributed by atoms with Crippen LogP contribution in [0, 0.1) is 5.92 Å². The quantitative estimate of drug-likeness (QED) is 0.289. The minimum atomic E-state index is 0.952. The van der Waals surface area contributed by atoms with Gasteiger partial charge >= 0.3 is 0 Å². The van der Waals surface area contributed by atoms with Crippen LogP contribution in [0.4, 0.5) is 0 Å². The van der Waals surface area contributed by atoms with E-state index in [-0.39, 0.29) is 0 Å². The molecule has 0 amide bonds. The molecule has 0 aliphatic rings. The summed E-state index contributed by atoms with van der Waals surface area (Å²) in [6.45, 7) is 6.99. The zero-order chi connectivity index (χ0) is 13.5. The third kappa shape index (κ3) is 14.1. The maximum atomic E-state index is 2.39. The molecule has 0 aromatic rings. The van der Waals surface area contributed by atoms with Gasteiger partial charge in [0.25, 0.3) is 0 Å². The number of hydrogen-bond acceptors (Lipinski definition) is 0. The standard InChI is InChI=1S/C18H38/c1-4-6-7-8-9-10-11-12-13-14-15-16-17-18(3)5-2/h18H,4-17H2,1-3H3/t18-/m0/s1. The molecule has 0 saturated heterocycles. The van der Waals surface area contributed by atoms with Gasteiger partial charge in [-0.05, 0) is 5.92 Å². The normalized spacial score (nSPS) is 12.8.